The molecule has 8 nitrogen and oxygen atoms in total. The van der Waals surface area contributed by atoms with E-state index in [4.69, 9.17) is 10.2 Å². The fourth-order valence-electron chi connectivity index (χ4n) is 3.35. The van der Waals surface area contributed by atoms with Crippen LogP contribution in [0.3, 0.4) is 0 Å². The summed E-state index contributed by atoms with van der Waals surface area (Å²) in [5.74, 6) is -0.190. The summed E-state index contributed by atoms with van der Waals surface area (Å²) in [6, 6.07) is 6.07. The minimum atomic E-state index is -0.776. The van der Waals surface area contributed by atoms with Crippen molar-refractivity contribution < 1.29 is 19.1 Å². The highest BCUT2D eigenvalue weighted by molar-refractivity contribution is 6.00. The summed E-state index contributed by atoms with van der Waals surface area (Å²) < 4.78 is 5.40. The molecular weight excluding hydrogens is 372 g/mol. The Balaban J connectivity index is 1.81. The number of aliphatic hydroxyl groups excluding tert-OH is 1. The van der Waals surface area contributed by atoms with Crippen LogP contribution in [0.25, 0.3) is 11.3 Å². The largest absolute Gasteiger partial charge is 0.443 e. The summed E-state index contributed by atoms with van der Waals surface area (Å²) in [6.45, 7) is 6.00. The second kappa shape index (κ2) is 8.86. The molecule has 0 radical (unpaired) electrons. The van der Waals surface area contributed by atoms with Crippen molar-refractivity contribution in [3.8, 4) is 11.3 Å². The third-order valence-electron chi connectivity index (χ3n) is 5.24. The van der Waals surface area contributed by atoms with Gasteiger partial charge < -0.3 is 20.6 Å². The zero-order valence-electron chi connectivity index (χ0n) is 17.0. The molecule has 1 aliphatic heterocycles. The van der Waals surface area contributed by atoms with E-state index in [1.165, 1.54) is 11.3 Å². The van der Waals surface area contributed by atoms with Gasteiger partial charge in [-0.2, -0.15) is 0 Å². The summed E-state index contributed by atoms with van der Waals surface area (Å²) in [4.78, 5) is 31.2. The molecule has 2 heterocycles. The fraction of sp³-hybridized carbons (Fsp3) is 0.476. The first-order valence-electron chi connectivity index (χ1n) is 9.79. The van der Waals surface area contributed by atoms with E-state index in [2.05, 4.69) is 10.3 Å². The highest BCUT2D eigenvalue weighted by Crippen LogP contribution is 2.23. The van der Waals surface area contributed by atoms with Crippen LogP contribution in [0.1, 0.15) is 31.5 Å². The van der Waals surface area contributed by atoms with E-state index in [-0.39, 0.29) is 24.8 Å². The number of β-amino-alcohol motifs (C(OH)–C–C–N with tert-alkyl or cyclic N) is 1. The predicted octanol–water partition coefficient (Wildman–Crippen LogP) is 1.21. The molecule has 0 aliphatic carbocycles. The molecule has 4 N–H and O–H groups in total. The first kappa shape index (κ1) is 21.2. The topological polar surface area (TPSA) is 122 Å². The fourth-order valence-corrected chi connectivity index (χ4v) is 3.35. The number of rotatable bonds is 6. The van der Waals surface area contributed by atoms with Crippen molar-refractivity contribution in [1.82, 2.24) is 15.2 Å². The summed E-state index contributed by atoms with van der Waals surface area (Å²) >= 11 is 0. The third-order valence-corrected chi connectivity index (χ3v) is 5.24. The van der Waals surface area contributed by atoms with Gasteiger partial charge in [-0.05, 0) is 24.8 Å². The van der Waals surface area contributed by atoms with E-state index < -0.39 is 24.1 Å². The number of amides is 2. The average Bonchev–Trinajstić information content (AvgIpc) is 3.33. The molecule has 1 aromatic carbocycles. The number of aryl methyl sites for hydroxylation is 1. The highest BCUT2D eigenvalue weighted by atomic mass is 16.3. The lowest BCUT2D eigenvalue weighted by atomic mass is 10.0. The molecule has 29 heavy (non-hydrogen) atoms. The van der Waals surface area contributed by atoms with Crippen LogP contribution in [-0.4, -0.2) is 51.5 Å². The first-order chi connectivity index (χ1) is 13.8. The van der Waals surface area contributed by atoms with Crippen LogP contribution in [0, 0.1) is 12.8 Å². The molecule has 0 unspecified atom stereocenters. The van der Waals surface area contributed by atoms with Crippen molar-refractivity contribution in [3.63, 3.8) is 0 Å². The average molecular weight is 400 g/mol. The van der Waals surface area contributed by atoms with Crippen molar-refractivity contribution in [2.45, 2.75) is 51.9 Å². The van der Waals surface area contributed by atoms with Gasteiger partial charge in [0.2, 0.25) is 11.8 Å². The molecule has 1 aromatic heterocycles. The molecule has 0 spiro atoms. The lowest BCUT2D eigenvalue weighted by Crippen LogP contribution is -2.53. The maximum Gasteiger partial charge on any atom is 0.246 e. The van der Waals surface area contributed by atoms with Gasteiger partial charge in [0.15, 0.2) is 12.2 Å². The number of oxazole rings is 1. The molecule has 1 fully saturated rings. The summed E-state index contributed by atoms with van der Waals surface area (Å²) in [5, 5.41) is 12.7. The molecule has 3 atom stereocenters. The molecule has 1 saturated heterocycles. The maximum atomic E-state index is 13.0. The number of aromatic nitrogens is 1. The minimum Gasteiger partial charge on any atom is -0.443 e. The number of carbonyl (C=O) groups is 2. The third kappa shape index (κ3) is 4.72. The van der Waals surface area contributed by atoms with Crippen LogP contribution in [0.2, 0.25) is 0 Å². The number of hydrogen-bond acceptors (Lipinski definition) is 7. The number of nitrogens with one attached hydrogen (secondary N) is 1. The standard InChI is InChI=1S/C21H28N4O4/c1-12(2)18(22)21(28)25(20(27)17-8-16(26)9-23-17)10-14-4-6-15(7-5-14)19-13(3)24-11-29-19/h4-7,11-12,16-18,23,26H,8-10,22H2,1-3H3/t16-,17+,18+/m1/s1. The highest BCUT2D eigenvalue weighted by Gasteiger charge is 2.36. The molecular formula is C21H28N4O4. The lowest BCUT2D eigenvalue weighted by molar-refractivity contribution is -0.148. The van der Waals surface area contributed by atoms with E-state index >= 15 is 0 Å². The Hall–Kier alpha value is -2.55. The van der Waals surface area contributed by atoms with Gasteiger partial charge in [0.1, 0.15) is 0 Å². The Labute approximate surface area is 170 Å². The number of imide groups is 1. The number of nitrogens with two attached hydrogens (primary N) is 1. The maximum absolute atomic E-state index is 13.0. The summed E-state index contributed by atoms with van der Waals surface area (Å²) in [6.07, 6.45) is 1.08. The number of aliphatic hydroxyl groups is 1. The molecule has 156 valence electrons. The summed E-state index contributed by atoms with van der Waals surface area (Å²) in [7, 11) is 0. The van der Waals surface area contributed by atoms with Gasteiger partial charge in [0, 0.05) is 12.1 Å². The summed E-state index contributed by atoms with van der Waals surface area (Å²) in [5.41, 5.74) is 8.50. The van der Waals surface area contributed by atoms with Crippen molar-refractivity contribution in [2.24, 2.45) is 11.7 Å². The normalized spacial score (nSPS) is 20.1. The second-order valence-corrected chi connectivity index (χ2v) is 7.85. The zero-order chi connectivity index (χ0) is 21.1. The van der Waals surface area contributed by atoms with Crippen LogP contribution >= 0.6 is 0 Å². The van der Waals surface area contributed by atoms with E-state index in [0.29, 0.717) is 12.3 Å². The Morgan fingerprint density at radius 2 is 2.03 bits per heavy atom. The Morgan fingerprint density at radius 3 is 2.55 bits per heavy atom. The smallest absolute Gasteiger partial charge is 0.246 e. The van der Waals surface area contributed by atoms with Crippen molar-refractivity contribution >= 4 is 11.8 Å². The van der Waals surface area contributed by atoms with Crippen LogP contribution in [-0.2, 0) is 16.1 Å². The van der Waals surface area contributed by atoms with Gasteiger partial charge in [-0.1, -0.05) is 38.1 Å². The minimum absolute atomic E-state index is 0.100. The van der Waals surface area contributed by atoms with E-state index in [0.717, 1.165) is 16.8 Å². The van der Waals surface area contributed by atoms with Crippen LogP contribution in [0.15, 0.2) is 35.1 Å². The molecule has 2 amide bonds. The second-order valence-electron chi connectivity index (χ2n) is 7.85. The Kier molecular flexibility index (Phi) is 6.46. The number of carbonyl (C=O) groups excluding carboxylic acids is 2. The van der Waals surface area contributed by atoms with Gasteiger partial charge in [0.05, 0.1) is 30.4 Å². The van der Waals surface area contributed by atoms with E-state index in [1.807, 2.05) is 45.0 Å². The molecule has 3 rings (SSSR count). The predicted molar refractivity (Wildman–Crippen MR) is 107 cm³/mol. The Bertz CT molecular complexity index is 862. The van der Waals surface area contributed by atoms with Crippen molar-refractivity contribution in [1.29, 1.82) is 0 Å². The molecule has 8 heteroatoms. The first-order valence-corrected chi connectivity index (χ1v) is 9.79. The Morgan fingerprint density at radius 1 is 1.34 bits per heavy atom. The van der Waals surface area contributed by atoms with Crippen LogP contribution in [0.4, 0.5) is 0 Å². The number of nitrogens with zero attached hydrogens (tertiary/aromatic N) is 2. The lowest BCUT2D eigenvalue weighted by Gasteiger charge is -2.28. The molecule has 0 bridgehead atoms. The molecule has 2 aromatic rings. The van der Waals surface area contributed by atoms with E-state index in [1.54, 1.807) is 0 Å². The van der Waals surface area contributed by atoms with Crippen LogP contribution in [0.5, 0.6) is 0 Å². The molecule has 1 aliphatic rings. The quantitative estimate of drug-likeness (QED) is 0.666. The van der Waals surface area contributed by atoms with Gasteiger partial charge in [-0.25, -0.2) is 4.98 Å². The SMILES string of the molecule is Cc1ncoc1-c1ccc(CN(C(=O)[C@@H]2C[C@@H](O)CN2)C(=O)[C@@H](N)C(C)C)cc1. The van der Waals surface area contributed by atoms with Gasteiger partial charge in [-0.15, -0.1) is 0 Å². The van der Waals surface area contributed by atoms with Gasteiger partial charge >= 0.3 is 0 Å². The number of hydrogen-bond donors (Lipinski definition) is 3. The van der Waals surface area contributed by atoms with Crippen molar-refractivity contribution in [3.05, 3.63) is 41.9 Å². The monoisotopic (exact) mass is 400 g/mol. The number of benzene rings is 1. The van der Waals surface area contributed by atoms with E-state index in [9.17, 15) is 14.7 Å². The van der Waals surface area contributed by atoms with Gasteiger partial charge in [0.25, 0.3) is 0 Å². The zero-order valence-corrected chi connectivity index (χ0v) is 17.0. The van der Waals surface area contributed by atoms with Crippen LogP contribution < -0.4 is 11.1 Å². The van der Waals surface area contributed by atoms with Crippen molar-refractivity contribution in [2.75, 3.05) is 6.54 Å². The van der Waals surface area contributed by atoms with Gasteiger partial charge in [-0.3, -0.25) is 14.5 Å². The molecule has 0 saturated carbocycles.